The number of nitrogens with one attached hydrogen (secondary N) is 2. The fourth-order valence-electron chi connectivity index (χ4n) is 3.62. The summed E-state index contributed by atoms with van der Waals surface area (Å²) in [6.07, 6.45) is 1.50. The summed E-state index contributed by atoms with van der Waals surface area (Å²) in [6, 6.07) is 4.65. The Bertz CT molecular complexity index is 1220. The van der Waals surface area contributed by atoms with E-state index in [0.717, 1.165) is 13.1 Å². The van der Waals surface area contributed by atoms with E-state index in [4.69, 9.17) is 5.73 Å². The number of hydrogen-bond acceptors (Lipinski definition) is 9. The number of rotatable bonds is 8. The minimum atomic E-state index is -3.23. The fourth-order valence-corrected chi connectivity index (χ4v) is 4.32. The number of aromatic nitrogens is 2. The number of benzene rings is 1. The number of halogens is 3. The minimum absolute atomic E-state index is 0.0137. The average Bonchev–Trinajstić information content (AvgIpc) is 3.28. The normalized spacial score (nSPS) is 14.3. The fraction of sp³-hybridized carbons (Fsp3) is 0.318. The van der Waals surface area contributed by atoms with Crippen molar-refractivity contribution in [3.05, 3.63) is 46.0 Å². The molecule has 186 valence electrons. The van der Waals surface area contributed by atoms with Crippen LogP contribution in [0.25, 0.3) is 0 Å². The molecule has 0 spiro atoms. The predicted molar refractivity (Wildman–Crippen MR) is 129 cm³/mol. The van der Waals surface area contributed by atoms with Gasteiger partial charge in [0.1, 0.15) is 10.7 Å². The lowest BCUT2D eigenvalue weighted by atomic mass is 10.2. The second kappa shape index (κ2) is 10.4. The zero-order chi connectivity index (χ0) is 25.1. The molecular formula is C22H24F3N7O2S. The number of anilines is 5. The Kier molecular flexibility index (Phi) is 7.26. The van der Waals surface area contributed by atoms with E-state index in [-0.39, 0.29) is 17.3 Å². The number of aryl methyl sites for hydroxylation is 1. The smallest absolute Gasteiger partial charge is 0.387 e. The number of alkyl halides is 2. The van der Waals surface area contributed by atoms with Crippen LogP contribution in [-0.2, 0) is 0 Å². The van der Waals surface area contributed by atoms with Gasteiger partial charge in [-0.1, -0.05) is 0 Å². The average molecular weight is 508 g/mol. The predicted octanol–water partition coefficient (Wildman–Crippen LogP) is 3.92. The third-order valence-electron chi connectivity index (χ3n) is 5.49. The van der Waals surface area contributed by atoms with E-state index < -0.39 is 24.1 Å². The molecule has 1 aromatic carbocycles. The topological polar surface area (TPSA) is 109 Å². The molecule has 0 bridgehead atoms. The molecule has 0 radical (unpaired) electrons. The Balaban J connectivity index is 1.62. The van der Waals surface area contributed by atoms with Crippen LogP contribution in [0.4, 0.5) is 42.0 Å². The number of nitrogens with two attached hydrogens (primary N) is 1. The van der Waals surface area contributed by atoms with Gasteiger partial charge in [-0.05, 0) is 37.6 Å². The minimum Gasteiger partial charge on any atom is -0.429 e. The van der Waals surface area contributed by atoms with Gasteiger partial charge < -0.3 is 30.9 Å². The molecule has 1 amide bonds. The Labute approximate surface area is 203 Å². The third-order valence-corrected chi connectivity index (χ3v) is 6.42. The lowest BCUT2D eigenvalue weighted by Gasteiger charge is -2.34. The second-order valence-electron chi connectivity index (χ2n) is 7.95. The molecule has 1 aliphatic heterocycles. The van der Waals surface area contributed by atoms with Crippen molar-refractivity contribution in [3.63, 3.8) is 0 Å². The van der Waals surface area contributed by atoms with Crippen molar-refractivity contribution < 1.29 is 22.7 Å². The summed E-state index contributed by atoms with van der Waals surface area (Å²) in [5, 5.41) is 7.49. The van der Waals surface area contributed by atoms with Crippen LogP contribution in [-0.4, -0.2) is 60.6 Å². The van der Waals surface area contributed by atoms with Gasteiger partial charge in [0.15, 0.2) is 11.6 Å². The number of piperazine rings is 1. The van der Waals surface area contributed by atoms with E-state index in [1.165, 1.54) is 29.7 Å². The van der Waals surface area contributed by atoms with Crippen LogP contribution in [0, 0.1) is 12.7 Å². The first kappa shape index (κ1) is 24.5. The van der Waals surface area contributed by atoms with E-state index >= 15 is 4.39 Å². The third kappa shape index (κ3) is 5.57. The van der Waals surface area contributed by atoms with Crippen LogP contribution in [0.2, 0.25) is 0 Å². The van der Waals surface area contributed by atoms with Crippen molar-refractivity contribution in [2.24, 2.45) is 5.73 Å². The van der Waals surface area contributed by atoms with Gasteiger partial charge in [-0.3, -0.25) is 4.79 Å². The van der Waals surface area contributed by atoms with Crippen LogP contribution in [0.5, 0.6) is 5.75 Å². The first-order chi connectivity index (χ1) is 16.7. The van der Waals surface area contributed by atoms with Crippen LogP contribution >= 0.6 is 11.3 Å². The lowest BCUT2D eigenvalue weighted by Crippen LogP contribution is -2.44. The van der Waals surface area contributed by atoms with E-state index in [2.05, 4.69) is 30.2 Å². The van der Waals surface area contributed by atoms with Crippen LogP contribution in [0.3, 0.4) is 0 Å². The SMILES string of the molecule is Cc1cnc(Nc2ccc(N3CCN(C)CC3)c(F)c2OC(F)F)nc1Nc1ccsc1C(N)=O. The summed E-state index contributed by atoms with van der Waals surface area (Å²) < 4.78 is 46.2. The highest BCUT2D eigenvalue weighted by Gasteiger charge is 2.24. The zero-order valence-corrected chi connectivity index (χ0v) is 19.8. The van der Waals surface area contributed by atoms with Gasteiger partial charge in [-0.15, -0.1) is 11.3 Å². The highest BCUT2D eigenvalue weighted by molar-refractivity contribution is 7.12. The van der Waals surface area contributed by atoms with Gasteiger partial charge in [-0.25, -0.2) is 9.37 Å². The number of primary amides is 1. The standard InChI is InChI=1S/C22H24F3N7O2S/c1-12-11-27-22(30-20(12)28-14-5-10-35-18(14)19(26)33)29-13-3-4-15(16(23)17(13)34-21(24)25)32-8-6-31(2)7-9-32/h3-5,10-11,21H,6-9H2,1-2H3,(H2,26,33)(H2,27,28,29,30). The largest absolute Gasteiger partial charge is 0.429 e. The molecular weight excluding hydrogens is 483 g/mol. The number of thiophene rings is 1. The number of carbonyl (C=O) groups excluding carboxylic acids is 1. The van der Waals surface area contributed by atoms with Crippen molar-refractivity contribution in [1.29, 1.82) is 0 Å². The first-order valence-electron chi connectivity index (χ1n) is 10.7. The van der Waals surface area contributed by atoms with E-state index in [1.807, 2.05) is 7.05 Å². The van der Waals surface area contributed by atoms with Crippen LogP contribution in [0.1, 0.15) is 15.2 Å². The molecule has 35 heavy (non-hydrogen) atoms. The molecule has 13 heteroatoms. The quantitative estimate of drug-likeness (QED) is 0.421. The van der Waals surface area contributed by atoms with E-state index in [0.29, 0.717) is 35.0 Å². The molecule has 4 rings (SSSR count). The number of carbonyl (C=O) groups is 1. The molecule has 2 aromatic heterocycles. The van der Waals surface area contributed by atoms with Gasteiger partial charge >= 0.3 is 6.61 Å². The number of hydrogen-bond donors (Lipinski definition) is 3. The van der Waals surface area contributed by atoms with Crippen LogP contribution < -0.4 is 26.0 Å². The molecule has 9 nitrogen and oxygen atoms in total. The van der Waals surface area contributed by atoms with Crippen LogP contribution in [0.15, 0.2) is 29.8 Å². The molecule has 3 aromatic rings. The summed E-state index contributed by atoms with van der Waals surface area (Å²) in [5.74, 6) is -1.73. The molecule has 4 N–H and O–H groups in total. The number of nitrogens with zero attached hydrogens (tertiary/aromatic N) is 4. The van der Waals surface area contributed by atoms with Gasteiger partial charge in [0.25, 0.3) is 5.91 Å². The Morgan fingerprint density at radius 3 is 2.60 bits per heavy atom. The Hall–Kier alpha value is -3.58. The Morgan fingerprint density at radius 1 is 1.17 bits per heavy atom. The van der Waals surface area contributed by atoms with Gasteiger partial charge in [0.2, 0.25) is 5.95 Å². The maximum absolute atomic E-state index is 15.3. The van der Waals surface area contributed by atoms with Crippen molar-refractivity contribution in [1.82, 2.24) is 14.9 Å². The lowest BCUT2D eigenvalue weighted by molar-refractivity contribution is -0.0516. The summed E-state index contributed by atoms with van der Waals surface area (Å²) in [6.45, 7) is 1.08. The van der Waals surface area contributed by atoms with Crippen molar-refractivity contribution >= 4 is 46.1 Å². The Morgan fingerprint density at radius 2 is 1.91 bits per heavy atom. The summed E-state index contributed by atoms with van der Waals surface area (Å²) >= 11 is 1.18. The molecule has 3 heterocycles. The monoisotopic (exact) mass is 507 g/mol. The van der Waals surface area contributed by atoms with Crippen molar-refractivity contribution in [3.8, 4) is 5.75 Å². The molecule has 0 unspecified atom stereocenters. The summed E-state index contributed by atoms with van der Waals surface area (Å²) in [4.78, 5) is 24.3. The van der Waals surface area contributed by atoms with Crippen molar-refractivity contribution in [2.45, 2.75) is 13.5 Å². The first-order valence-corrected chi connectivity index (χ1v) is 11.6. The summed E-state index contributed by atoms with van der Waals surface area (Å²) in [5.41, 5.74) is 6.65. The number of likely N-dealkylation sites (N-methyl/N-ethyl adjacent to an activating group) is 1. The maximum Gasteiger partial charge on any atom is 0.387 e. The second-order valence-corrected chi connectivity index (χ2v) is 8.86. The highest BCUT2D eigenvalue weighted by atomic mass is 32.1. The highest BCUT2D eigenvalue weighted by Crippen LogP contribution is 2.37. The molecule has 0 saturated carbocycles. The number of amides is 1. The molecule has 0 aliphatic carbocycles. The molecule has 1 saturated heterocycles. The summed E-state index contributed by atoms with van der Waals surface area (Å²) in [7, 11) is 1.96. The molecule has 1 aliphatic rings. The van der Waals surface area contributed by atoms with Gasteiger partial charge in [-0.2, -0.15) is 13.8 Å². The van der Waals surface area contributed by atoms with Crippen molar-refractivity contribution in [2.75, 3.05) is 48.8 Å². The maximum atomic E-state index is 15.3. The van der Waals surface area contributed by atoms with E-state index in [1.54, 1.807) is 23.3 Å². The molecule has 0 atom stereocenters. The van der Waals surface area contributed by atoms with Gasteiger partial charge in [0.05, 0.1) is 17.1 Å². The molecule has 1 fully saturated rings. The zero-order valence-electron chi connectivity index (χ0n) is 19.0. The van der Waals surface area contributed by atoms with Gasteiger partial charge in [0, 0.05) is 37.9 Å². The number of ether oxygens (including phenoxy) is 1. The van der Waals surface area contributed by atoms with E-state index in [9.17, 15) is 13.6 Å².